The van der Waals surface area contributed by atoms with Crippen LogP contribution in [0.25, 0.3) is 0 Å². The number of piperidine rings is 1. The van der Waals surface area contributed by atoms with Gasteiger partial charge >= 0.3 is 5.97 Å². The standard InChI is InChI=1S/C11H14N2O4S/c14-10(15)5-17-8-1-3-13(4-2-8)11(16)9-6-18-7-12-9/h6-8H,1-5H2,(H,14,15). The van der Waals surface area contributed by atoms with E-state index in [4.69, 9.17) is 9.84 Å². The zero-order valence-corrected chi connectivity index (χ0v) is 10.6. The van der Waals surface area contributed by atoms with Gasteiger partial charge in [-0.05, 0) is 12.8 Å². The van der Waals surface area contributed by atoms with Gasteiger partial charge in [-0.1, -0.05) is 0 Å². The molecule has 7 heteroatoms. The van der Waals surface area contributed by atoms with Crippen molar-refractivity contribution in [1.29, 1.82) is 0 Å². The first-order chi connectivity index (χ1) is 8.66. The van der Waals surface area contributed by atoms with Gasteiger partial charge in [0.05, 0.1) is 11.6 Å². The van der Waals surface area contributed by atoms with E-state index in [0.717, 1.165) is 0 Å². The Hall–Kier alpha value is -1.47. The summed E-state index contributed by atoms with van der Waals surface area (Å²) in [6.07, 6.45) is 1.27. The summed E-state index contributed by atoms with van der Waals surface area (Å²) in [6, 6.07) is 0. The van der Waals surface area contributed by atoms with Crippen LogP contribution in [0.15, 0.2) is 10.9 Å². The SMILES string of the molecule is O=C(O)COC1CCN(C(=O)c2cscn2)CC1. The molecule has 0 unspecified atom stereocenters. The lowest BCUT2D eigenvalue weighted by Crippen LogP contribution is -2.41. The number of likely N-dealkylation sites (tertiary alicyclic amines) is 1. The van der Waals surface area contributed by atoms with E-state index in [-0.39, 0.29) is 18.6 Å². The Labute approximate surface area is 108 Å². The molecule has 0 spiro atoms. The first-order valence-electron chi connectivity index (χ1n) is 5.67. The maximum Gasteiger partial charge on any atom is 0.329 e. The van der Waals surface area contributed by atoms with Gasteiger partial charge in [0, 0.05) is 18.5 Å². The van der Waals surface area contributed by atoms with Crippen molar-refractivity contribution in [2.24, 2.45) is 0 Å². The topological polar surface area (TPSA) is 79.7 Å². The van der Waals surface area contributed by atoms with Crippen molar-refractivity contribution >= 4 is 23.2 Å². The van der Waals surface area contributed by atoms with E-state index >= 15 is 0 Å². The maximum absolute atomic E-state index is 12.0. The molecule has 1 saturated heterocycles. The summed E-state index contributed by atoms with van der Waals surface area (Å²) in [4.78, 5) is 28.1. The van der Waals surface area contributed by atoms with E-state index in [9.17, 15) is 9.59 Å². The fourth-order valence-corrected chi connectivity index (χ4v) is 2.42. The van der Waals surface area contributed by atoms with Gasteiger partial charge in [0.15, 0.2) is 0 Å². The highest BCUT2D eigenvalue weighted by atomic mass is 32.1. The number of carboxylic acids is 1. The molecule has 1 aromatic heterocycles. The van der Waals surface area contributed by atoms with Crippen LogP contribution in [-0.4, -0.2) is 52.7 Å². The molecule has 98 valence electrons. The van der Waals surface area contributed by atoms with Crippen LogP contribution in [0.4, 0.5) is 0 Å². The van der Waals surface area contributed by atoms with Crippen LogP contribution in [0.1, 0.15) is 23.3 Å². The number of ether oxygens (including phenoxy) is 1. The fourth-order valence-electron chi connectivity index (χ4n) is 1.89. The molecule has 1 aliphatic heterocycles. The minimum absolute atomic E-state index is 0.0621. The van der Waals surface area contributed by atoms with Gasteiger partial charge in [-0.15, -0.1) is 11.3 Å². The second kappa shape index (κ2) is 5.92. The number of hydrogen-bond donors (Lipinski definition) is 1. The molecule has 1 amide bonds. The Morgan fingerprint density at radius 1 is 1.50 bits per heavy atom. The van der Waals surface area contributed by atoms with Crippen LogP contribution in [0.3, 0.4) is 0 Å². The third kappa shape index (κ3) is 3.27. The Morgan fingerprint density at radius 3 is 2.78 bits per heavy atom. The third-order valence-corrected chi connectivity index (χ3v) is 3.41. The van der Waals surface area contributed by atoms with Gasteiger partial charge in [-0.2, -0.15) is 0 Å². The van der Waals surface area contributed by atoms with Crippen molar-refractivity contribution in [3.63, 3.8) is 0 Å². The smallest absolute Gasteiger partial charge is 0.329 e. The lowest BCUT2D eigenvalue weighted by molar-refractivity contribution is -0.145. The van der Waals surface area contributed by atoms with Crippen molar-refractivity contribution in [1.82, 2.24) is 9.88 Å². The molecule has 6 nitrogen and oxygen atoms in total. The summed E-state index contributed by atoms with van der Waals surface area (Å²) >= 11 is 1.40. The fraction of sp³-hybridized carbons (Fsp3) is 0.545. The first-order valence-corrected chi connectivity index (χ1v) is 6.62. The second-order valence-electron chi connectivity index (χ2n) is 4.07. The third-order valence-electron chi connectivity index (χ3n) is 2.82. The zero-order chi connectivity index (χ0) is 13.0. The van der Waals surface area contributed by atoms with E-state index in [0.29, 0.717) is 31.6 Å². The molecule has 1 aromatic rings. The summed E-state index contributed by atoms with van der Waals surface area (Å²) in [7, 11) is 0. The predicted molar refractivity (Wildman–Crippen MR) is 64.6 cm³/mol. The number of amides is 1. The summed E-state index contributed by atoms with van der Waals surface area (Å²) in [5, 5.41) is 10.2. The van der Waals surface area contributed by atoms with E-state index in [2.05, 4.69) is 4.98 Å². The number of thiazole rings is 1. The molecule has 1 aliphatic rings. The number of nitrogens with zero attached hydrogens (tertiary/aromatic N) is 2. The minimum atomic E-state index is -0.962. The molecule has 18 heavy (non-hydrogen) atoms. The van der Waals surface area contributed by atoms with Crippen molar-refractivity contribution in [3.8, 4) is 0 Å². The zero-order valence-electron chi connectivity index (χ0n) is 9.74. The second-order valence-corrected chi connectivity index (χ2v) is 4.79. The van der Waals surface area contributed by atoms with Gasteiger partial charge < -0.3 is 14.7 Å². The van der Waals surface area contributed by atoms with E-state index in [1.165, 1.54) is 11.3 Å². The highest BCUT2D eigenvalue weighted by molar-refractivity contribution is 7.07. The van der Waals surface area contributed by atoms with Gasteiger partial charge in [-0.25, -0.2) is 9.78 Å². The lowest BCUT2D eigenvalue weighted by Gasteiger charge is -2.31. The number of rotatable bonds is 4. The quantitative estimate of drug-likeness (QED) is 0.877. The van der Waals surface area contributed by atoms with Crippen LogP contribution >= 0.6 is 11.3 Å². The Bertz CT molecular complexity index is 413. The number of aromatic nitrogens is 1. The largest absolute Gasteiger partial charge is 0.480 e. The molecule has 0 atom stereocenters. The summed E-state index contributed by atoms with van der Waals surface area (Å²) in [5.41, 5.74) is 2.11. The van der Waals surface area contributed by atoms with Crippen LogP contribution < -0.4 is 0 Å². The van der Waals surface area contributed by atoms with E-state index in [1.54, 1.807) is 15.8 Å². The molecule has 0 saturated carbocycles. The number of aliphatic carboxylic acids is 1. The van der Waals surface area contributed by atoms with Crippen LogP contribution in [0, 0.1) is 0 Å². The molecule has 1 N–H and O–H groups in total. The minimum Gasteiger partial charge on any atom is -0.480 e. The molecule has 0 bridgehead atoms. The number of carbonyl (C=O) groups is 2. The molecular weight excluding hydrogens is 256 g/mol. The number of carboxylic acid groups (broad SMARTS) is 1. The van der Waals surface area contributed by atoms with Crippen molar-refractivity contribution in [3.05, 3.63) is 16.6 Å². The highest BCUT2D eigenvalue weighted by Crippen LogP contribution is 2.16. The highest BCUT2D eigenvalue weighted by Gasteiger charge is 2.25. The van der Waals surface area contributed by atoms with Gasteiger partial charge in [0.1, 0.15) is 12.3 Å². The normalized spacial score (nSPS) is 16.8. The average molecular weight is 270 g/mol. The monoisotopic (exact) mass is 270 g/mol. The number of hydrogen-bond acceptors (Lipinski definition) is 5. The van der Waals surface area contributed by atoms with Crippen LogP contribution in [-0.2, 0) is 9.53 Å². The molecule has 0 aliphatic carbocycles. The number of carbonyl (C=O) groups excluding carboxylic acids is 1. The molecule has 0 aromatic carbocycles. The predicted octanol–water partition coefficient (Wildman–Crippen LogP) is 0.849. The summed E-state index contributed by atoms with van der Waals surface area (Å²) in [5.74, 6) is -1.02. The Balaban J connectivity index is 1.80. The molecular formula is C11H14N2O4S. The van der Waals surface area contributed by atoms with Gasteiger partial charge in [0.2, 0.25) is 0 Å². The molecule has 2 heterocycles. The van der Waals surface area contributed by atoms with Crippen molar-refractivity contribution in [2.45, 2.75) is 18.9 Å². The maximum atomic E-state index is 12.0. The molecule has 2 rings (SSSR count). The van der Waals surface area contributed by atoms with Crippen molar-refractivity contribution in [2.75, 3.05) is 19.7 Å². The van der Waals surface area contributed by atoms with Crippen LogP contribution in [0.2, 0.25) is 0 Å². The summed E-state index contributed by atoms with van der Waals surface area (Å²) < 4.78 is 5.21. The Kier molecular flexibility index (Phi) is 4.27. The van der Waals surface area contributed by atoms with E-state index in [1.807, 2.05) is 0 Å². The lowest BCUT2D eigenvalue weighted by atomic mass is 10.1. The molecule has 0 radical (unpaired) electrons. The summed E-state index contributed by atoms with van der Waals surface area (Å²) in [6.45, 7) is 0.895. The van der Waals surface area contributed by atoms with Gasteiger partial charge in [0.25, 0.3) is 5.91 Å². The first kappa shape index (κ1) is 13.0. The van der Waals surface area contributed by atoms with Crippen molar-refractivity contribution < 1.29 is 19.4 Å². The van der Waals surface area contributed by atoms with Crippen LogP contribution in [0.5, 0.6) is 0 Å². The van der Waals surface area contributed by atoms with E-state index < -0.39 is 5.97 Å². The Morgan fingerprint density at radius 2 is 2.22 bits per heavy atom. The molecule has 1 fully saturated rings. The average Bonchev–Trinajstić information content (AvgIpc) is 2.90. The van der Waals surface area contributed by atoms with Gasteiger partial charge in [-0.3, -0.25) is 4.79 Å².